The average Bonchev–Trinajstić information content (AvgIpc) is 3.35. The lowest BCUT2D eigenvalue weighted by Crippen LogP contribution is -2.39. The second kappa shape index (κ2) is 7.74. The van der Waals surface area contributed by atoms with Crippen LogP contribution in [0.25, 0.3) is 5.57 Å². The first-order valence-corrected chi connectivity index (χ1v) is 9.19. The van der Waals surface area contributed by atoms with Gasteiger partial charge in [-0.2, -0.15) is 5.10 Å². The topological polar surface area (TPSA) is 59.4 Å². The monoisotopic (exact) mass is 352 g/mol. The molecule has 1 N–H and O–H groups in total. The van der Waals surface area contributed by atoms with Crippen LogP contribution in [-0.2, 0) is 11.3 Å². The van der Waals surface area contributed by atoms with E-state index in [1.807, 2.05) is 33.8 Å². The van der Waals surface area contributed by atoms with Crippen molar-refractivity contribution >= 4 is 17.4 Å². The van der Waals surface area contributed by atoms with Crippen LogP contribution in [-0.4, -0.2) is 47.0 Å². The van der Waals surface area contributed by atoms with Gasteiger partial charge in [0.05, 0.1) is 12.8 Å². The summed E-state index contributed by atoms with van der Waals surface area (Å²) in [5, 5.41) is 7.38. The van der Waals surface area contributed by atoms with Gasteiger partial charge >= 0.3 is 6.03 Å². The first kappa shape index (κ1) is 16.8. The number of nitrogens with one attached hydrogen (secondary N) is 1. The molecule has 2 amide bonds. The summed E-state index contributed by atoms with van der Waals surface area (Å²) in [5.74, 6) is 1.21. The first-order chi connectivity index (χ1) is 12.8. The van der Waals surface area contributed by atoms with Gasteiger partial charge in [0.2, 0.25) is 0 Å². The summed E-state index contributed by atoms with van der Waals surface area (Å²) in [6.45, 7) is 3.71. The Hall–Kier alpha value is -2.60. The van der Waals surface area contributed by atoms with Crippen molar-refractivity contribution in [2.45, 2.75) is 19.4 Å². The van der Waals surface area contributed by atoms with Gasteiger partial charge in [0.1, 0.15) is 5.82 Å². The van der Waals surface area contributed by atoms with E-state index in [9.17, 15) is 4.79 Å². The summed E-state index contributed by atoms with van der Waals surface area (Å²) in [4.78, 5) is 14.6. The van der Waals surface area contributed by atoms with Gasteiger partial charge in [0, 0.05) is 38.2 Å². The maximum atomic E-state index is 12.8. The molecule has 0 saturated carbocycles. The van der Waals surface area contributed by atoms with Crippen LogP contribution in [0.2, 0.25) is 0 Å². The second-order valence-electron chi connectivity index (χ2n) is 6.86. The predicted octanol–water partition coefficient (Wildman–Crippen LogP) is 3.24. The molecule has 26 heavy (non-hydrogen) atoms. The van der Waals surface area contributed by atoms with E-state index in [0.29, 0.717) is 12.5 Å². The molecule has 1 aromatic heterocycles. The molecular weight excluding hydrogens is 328 g/mol. The molecule has 0 spiro atoms. The fraction of sp³-hybridized carbons (Fsp3) is 0.400. The van der Waals surface area contributed by atoms with Crippen molar-refractivity contribution in [1.29, 1.82) is 0 Å². The minimum Gasteiger partial charge on any atom is -0.381 e. The van der Waals surface area contributed by atoms with Crippen molar-refractivity contribution < 1.29 is 9.53 Å². The highest BCUT2D eigenvalue weighted by Gasteiger charge is 2.22. The summed E-state index contributed by atoms with van der Waals surface area (Å²) >= 11 is 0. The molecule has 2 aliphatic heterocycles. The summed E-state index contributed by atoms with van der Waals surface area (Å²) in [7, 11) is 0. The van der Waals surface area contributed by atoms with Crippen molar-refractivity contribution in [3.05, 3.63) is 54.2 Å². The van der Waals surface area contributed by atoms with Gasteiger partial charge in [-0.1, -0.05) is 36.4 Å². The Labute approximate surface area is 153 Å². The van der Waals surface area contributed by atoms with Crippen LogP contribution in [0.3, 0.4) is 0 Å². The summed E-state index contributed by atoms with van der Waals surface area (Å²) in [6.07, 6.45) is 5.88. The third-order valence-corrected chi connectivity index (χ3v) is 4.99. The fourth-order valence-electron chi connectivity index (χ4n) is 3.52. The number of hydrogen-bond donors (Lipinski definition) is 1. The second-order valence-corrected chi connectivity index (χ2v) is 6.86. The number of anilines is 1. The number of ether oxygens (including phenoxy) is 1. The molecule has 1 aromatic carbocycles. The molecule has 1 fully saturated rings. The Morgan fingerprint density at radius 1 is 1.27 bits per heavy atom. The number of aromatic nitrogens is 2. The van der Waals surface area contributed by atoms with E-state index in [0.717, 1.165) is 45.0 Å². The highest BCUT2D eigenvalue weighted by Crippen LogP contribution is 2.22. The van der Waals surface area contributed by atoms with Crippen molar-refractivity contribution in [3.8, 4) is 0 Å². The molecule has 4 rings (SSSR count). The first-order valence-electron chi connectivity index (χ1n) is 9.19. The third-order valence-electron chi connectivity index (χ3n) is 4.99. The minimum absolute atomic E-state index is 0.0732. The zero-order chi connectivity index (χ0) is 17.8. The summed E-state index contributed by atoms with van der Waals surface area (Å²) in [5.41, 5.74) is 2.37. The molecule has 136 valence electrons. The van der Waals surface area contributed by atoms with Crippen LogP contribution in [0.4, 0.5) is 10.6 Å². The number of rotatable bonds is 4. The predicted molar refractivity (Wildman–Crippen MR) is 101 cm³/mol. The zero-order valence-corrected chi connectivity index (χ0v) is 14.8. The number of benzene rings is 1. The van der Waals surface area contributed by atoms with E-state index in [2.05, 4.69) is 28.6 Å². The molecule has 0 aliphatic carbocycles. The molecule has 3 heterocycles. The molecule has 0 bridgehead atoms. The van der Waals surface area contributed by atoms with Crippen LogP contribution >= 0.6 is 0 Å². The van der Waals surface area contributed by atoms with Gasteiger partial charge < -0.3 is 9.64 Å². The summed E-state index contributed by atoms with van der Waals surface area (Å²) in [6, 6.07) is 12.0. The molecule has 2 aromatic rings. The largest absolute Gasteiger partial charge is 0.381 e. The highest BCUT2D eigenvalue weighted by atomic mass is 16.5. The molecule has 1 saturated heterocycles. The third kappa shape index (κ3) is 3.80. The number of carbonyl (C=O) groups excluding carboxylic acids is 1. The average molecular weight is 352 g/mol. The van der Waals surface area contributed by atoms with E-state index in [-0.39, 0.29) is 6.03 Å². The number of hydrogen-bond acceptors (Lipinski definition) is 3. The van der Waals surface area contributed by atoms with Gasteiger partial charge in [0.15, 0.2) is 0 Å². The van der Waals surface area contributed by atoms with E-state index in [4.69, 9.17) is 4.74 Å². The molecule has 0 radical (unpaired) electrons. The molecule has 2 aliphatic rings. The highest BCUT2D eigenvalue weighted by molar-refractivity contribution is 5.90. The minimum atomic E-state index is -0.0732. The van der Waals surface area contributed by atoms with E-state index < -0.39 is 0 Å². The normalized spacial score (nSPS) is 20.1. The van der Waals surface area contributed by atoms with Crippen LogP contribution < -0.4 is 5.32 Å². The smallest absolute Gasteiger partial charge is 0.323 e. The Kier molecular flexibility index (Phi) is 5.02. The van der Waals surface area contributed by atoms with Crippen LogP contribution in [0.5, 0.6) is 0 Å². The van der Waals surface area contributed by atoms with Gasteiger partial charge in [0.25, 0.3) is 0 Å². The van der Waals surface area contributed by atoms with Crippen LogP contribution in [0.1, 0.15) is 18.4 Å². The molecule has 1 atom stereocenters. The lowest BCUT2D eigenvalue weighted by Gasteiger charge is -2.28. The van der Waals surface area contributed by atoms with Gasteiger partial charge in [-0.05, 0) is 24.0 Å². The number of urea groups is 1. The van der Waals surface area contributed by atoms with Crippen LogP contribution in [0, 0.1) is 5.92 Å². The van der Waals surface area contributed by atoms with E-state index >= 15 is 0 Å². The lowest BCUT2D eigenvalue weighted by atomic mass is 10.0. The van der Waals surface area contributed by atoms with Crippen molar-refractivity contribution in [3.63, 3.8) is 0 Å². The Balaban J connectivity index is 1.39. The molecular formula is C20H24N4O2. The quantitative estimate of drug-likeness (QED) is 0.919. The van der Waals surface area contributed by atoms with Gasteiger partial charge in [-0.3, -0.25) is 5.32 Å². The lowest BCUT2D eigenvalue weighted by molar-refractivity contribution is 0.181. The van der Waals surface area contributed by atoms with Crippen molar-refractivity contribution in [1.82, 2.24) is 14.7 Å². The van der Waals surface area contributed by atoms with Gasteiger partial charge in [-0.25, -0.2) is 9.48 Å². The van der Waals surface area contributed by atoms with Crippen molar-refractivity contribution in [2.75, 3.05) is 31.6 Å². The summed E-state index contributed by atoms with van der Waals surface area (Å²) < 4.78 is 7.30. The zero-order valence-electron chi connectivity index (χ0n) is 14.8. The molecule has 1 unspecified atom stereocenters. The van der Waals surface area contributed by atoms with Crippen molar-refractivity contribution in [2.24, 2.45) is 5.92 Å². The Bertz CT molecular complexity index is 778. The standard InChI is InChI=1S/C20H24N4O2/c25-20(22-19-8-10-21-24(19)13-16-9-12-26-15-16)23-11-4-7-18(14-23)17-5-2-1-3-6-17/h1-3,5-8,10,16H,4,9,11-15H2,(H,22,25). The molecule has 6 heteroatoms. The number of nitrogens with zero attached hydrogens (tertiary/aromatic N) is 3. The Morgan fingerprint density at radius 2 is 2.15 bits per heavy atom. The van der Waals surface area contributed by atoms with E-state index in [1.54, 1.807) is 6.20 Å². The Morgan fingerprint density at radius 3 is 2.96 bits per heavy atom. The fourth-order valence-corrected chi connectivity index (χ4v) is 3.52. The SMILES string of the molecule is O=C(Nc1ccnn1CC1CCOC1)N1CCC=C(c2ccccc2)C1. The number of carbonyl (C=O) groups is 1. The van der Waals surface area contributed by atoms with Crippen LogP contribution in [0.15, 0.2) is 48.7 Å². The van der Waals surface area contributed by atoms with Gasteiger partial charge in [-0.15, -0.1) is 0 Å². The maximum absolute atomic E-state index is 12.8. The number of amides is 2. The molecule has 6 nitrogen and oxygen atoms in total. The maximum Gasteiger partial charge on any atom is 0.323 e. The van der Waals surface area contributed by atoms with E-state index in [1.165, 1.54) is 11.1 Å².